The van der Waals surface area contributed by atoms with Crippen LogP contribution in [0.4, 0.5) is 0 Å². The van der Waals surface area contributed by atoms with Gasteiger partial charge in [-0.15, -0.1) is 0 Å². The van der Waals surface area contributed by atoms with Crippen molar-refractivity contribution in [2.24, 2.45) is 5.92 Å². The van der Waals surface area contributed by atoms with Crippen molar-refractivity contribution in [1.82, 2.24) is 14.7 Å². The molecule has 0 spiro atoms. The first kappa shape index (κ1) is 17.0. The van der Waals surface area contributed by atoms with Gasteiger partial charge in [0.2, 0.25) is 0 Å². The Morgan fingerprint density at radius 1 is 1.24 bits per heavy atom. The van der Waals surface area contributed by atoms with Crippen molar-refractivity contribution in [2.45, 2.75) is 70.1 Å². The van der Waals surface area contributed by atoms with Crippen LogP contribution in [0.5, 0.6) is 0 Å². The molecule has 1 aliphatic heterocycles. The van der Waals surface area contributed by atoms with Crippen molar-refractivity contribution in [1.29, 1.82) is 0 Å². The molecule has 2 aliphatic carbocycles. The van der Waals surface area contributed by atoms with Crippen LogP contribution in [0.25, 0.3) is 0 Å². The van der Waals surface area contributed by atoms with E-state index in [1.807, 2.05) is 11.8 Å². The van der Waals surface area contributed by atoms with E-state index >= 15 is 0 Å². The average molecular weight is 347 g/mol. The Bertz CT molecular complexity index is 623. The van der Waals surface area contributed by atoms with Crippen LogP contribution in [-0.4, -0.2) is 57.6 Å². The van der Waals surface area contributed by atoms with Crippen LogP contribution in [0.2, 0.25) is 0 Å². The highest BCUT2D eigenvalue weighted by molar-refractivity contribution is 5.95. The Hall–Kier alpha value is -1.40. The molecule has 0 unspecified atom stereocenters. The summed E-state index contributed by atoms with van der Waals surface area (Å²) in [7, 11) is 0. The lowest BCUT2D eigenvalue weighted by Gasteiger charge is -2.40. The topological polar surface area (TPSA) is 67.6 Å². The maximum absolute atomic E-state index is 13.3. The van der Waals surface area contributed by atoms with Crippen molar-refractivity contribution >= 4 is 5.91 Å². The third-order valence-corrected chi connectivity index (χ3v) is 6.40. The van der Waals surface area contributed by atoms with Gasteiger partial charge in [-0.3, -0.25) is 9.48 Å². The summed E-state index contributed by atoms with van der Waals surface area (Å²) in [5, 5.41) is 14.8. The van der Waals surface area contributed by atoms with Crippen LogP contribution in [0.1, 0.15) is 67.0 Å². The minimum absolute atomic E-state index is 0.0204. The van der Waals surface area contributed by atoms with E-state index in [1.54, 1.807) is 6.20 Å². The summed E-state index contributed by atoms with van der Waals surface area (Å²) in [6.45, 7) is 3.71. The summed E-state index contributed by atoms with van der Waals surface area (Å²) < 4.78 is 7.71. The Kier molecular flexibility index (Phi) is 4.82. The summed E-state index contributed by atoms with van der Waals surface area (Å²) in [6, 6.07) is 0.423. The van der Waals surface area contributed by atoms with Crippen LogP contribution in [0.15, 0.2) is 6.20 Å². The van der Waals surface area contributed by atoms with Crippen molar-refractivity contribution in [3.05, 3.63) is 17.5 Å². The van der Waals surface area contributed by atoms with E-state index in [4.69, 9.17) is 4.74 Å². The molecule has 25 heavy (non-hydrogen) atoms. The molecular weight excluding hydrogens is 318 g/mol. The molecule has 4 rings (SSSR count). The summed E-state index contributed by atoms with van der Waals surface area (Å²) in [5.41, 5.74) is 1.69. The van der Waals surface area contributed by atoms with Gasteiger partial charge in [-0.25, -0.2) is 0 Å². The molecule has 3 atom stereocenters. The molecule has 1 aromatic rings. The maximum atomic E-state index is 13.3. The van der Waals surface area contributed by atoms with Gasteiger partial charge in [-0.2, -0.15) is 5.10 Å². The van der Waals surface area contributed by atoms with E-state index in [9.17, 15) is 9.90 Å². The fourth-order valence-electron chi connectivity index (χ4n) is 4.95. The molecule has 0 bridgehead atoms. The quantitative estimate of drug-likeness (QED) is 0.911. The molecule has 6 nitrogen and oxygen atoms in total. The first-order valence-corrected chi connectivity index (χ1v) is 9.77. The molecule has 1 N–H and O–H groups in total. The zero-order valence-electron chi connectivity index (χ0n) is 15.1. The Balaban J connectivity index is 1.56. The predicted molar refractivity (Wildman–Crippen MR) is 93.5 cm³/mol. The molecule has 1 aromatic heterocycles. The second-order valence-corrected chi connectivity index (χ2v) is 7.83. The third kappa shape index (κ3) is 3.10. The number of hydrogen-bond donors (Lipinski definition) is 1. The van der Waals surface area contributed by atoms with Crippen molar-refractivity contribution < 1.29 is 14.6 Å². The fraction of sp³-hybridized carbons (Fsp3) is 0.789. The summed E-state index contributed by atoms with van der Waals surface area (Å²) >= 11 is 0. The second kappa shape index (κ2) is 7.08. The molecule has 1 saturated heterocycles. The van der Waals surface area contributed by atoms with Gasteiger partial charge in [-0.05, 0) is 32.6 Å². The molecule has 2 saturated carbocycles. The van der Waals surface area contributed by atoms with Gasteiger partial charge in [-0.1, -0.05) is 19.3 Å². The average Bonchev–Trinajstić information content (AvgIpc) is 3.35. The lowest BCUT2D eigenvalue weighted by atomic mass is 9.93. The Morgan fingerprint density at radius 3 is 2.76 bits per heavy atom. The number of amides is 1. The van der Waals surface area contributed by atoms with Crippen LogP contribution < -0.4 is 0 Å². The maximum Gasteiger partial charge on any atom is 0.257 e. The number of nitrogens with zero attached hydrogens (tertiary/aromatic N) is 3. The number of aliphatic hydroxyl groups is 1. The smallest absolute Gasteiger partial charge is 0.257 e. The first-order valence-electron chi connectivity index (χ1n) is 9.77. The number of aromatic nitrogens is 2. The molecule has 2 heterocycles. The van der Waals surface area contributed by atoms with Gasteiger partial charge < -0.3 is 14.7 Å². The zero-order chi connectivity index (χ0) is 17.4. The number of carbonyl (C=O) groups is 1. The summed E-state index contributed by atoms with van der Waals surface area (Å²) in [4.78, 5) is 15.2. The van der Waals surface area contributed by atoms with E-state index in [2.05, 4.69) is 9.78 Å². The van der Waals surface area contributed by atoms with Crippen molar-refractivity contribution in [2.75, 3.05) is 19.8 Å². The predicted octanol–water partition coefficient (Wildman–Crippen LogP) is 2.31. The van der Waals surface area contributed by atoms with Gasteiger partial charge in [0.25, 0.3) is 5.91 Å². The number of rotatable bonds is 3. The highest BCUT2D eigenvalue weighted by Gasteiger charge is 2.40. The number of morpholine rings is 1. The molecule has 0 aromatic carbocycles. The molecule has 138 valence electrons. The lowest BCUT2D eigenvalue weighted by Crippen LogP contribution is -2.53. The number of hydrogen-bond acceptors (Lipinski definition) is 4. The highest BCUT2D eigenvalue weighted by Crippen LogP contribution is 2.34. The minimum Gasteiger partial charge on any atom is -0.393 e. The molecule has 6 heteroatoms. The number of aliphatic hydroxyl groups excluding tert-OH is 1. The van der Waals surface area contributed by atoms with Crippen LogP contribution >= 0.6 is 0 Å². The van der Waals surface area contributed by atoms with E-state index in [0.717, 1.165) is 37.8 Å². The monoisotopic (exact) mass is 347 g/mol. The van der Waals surface area contributed by atoms with E-state index in [-0.39, 0.29) is 24.0 Å². The number of carbonyl (C=O) groups excluding carboxylic acids is 1. The third-order valence-electron chi connectivity index (χ3n) is 6.40. The second-order valence-electron chi connectivity index (χ2n) is 7.83. The van der Waals surface area contributed by atoms with Crippen LogP contribution in [0.3, 0.4) is 0 Å². The summed E-state index contributed by atoms with van der Waals surface area (Å²) in [5.74, 6) is 0.184. The summed E-state index contributed by atoms with van der Waals surface area (Å²) in [6.07, 6.45) is 9.08. The molecular formula is C19H29N3O3. The van der Waals surface area contributed by atoms with E-state index < -0.39 is 0 Å². The van der Waals surface area contributed by atoms with E-state index in [0.29, 0.717) is 31.4 Å². The number of ether oxygens (including phenoxy) is 1. The van der Waals surface area contributed by atoms with Crippen molar-refractivity contribution in [3.8, 4) is 0 Å². The van der Waals surface area contributed by atoms with Crippen LogP contribution in [0, 0.1) is 12.8 Å². The van der Waals surface area contributed by atoms with Gasteiger partial charge in [0.15, 0.2) is 0 Å². The first-order chi connectivity index (χ1) is 12.2. The molecule has 0 radical (unpaired) electrons. The van der Waals surface area contributed by atoms with Crippen molar-refractivity contribution in [3.63, 3.8) is 0 Å². The lowest BCUT2D eigenvalue weighted by molar-refractivity contribution is -0.0383. The van der Waals surface area contributed by atoms with E-state index in [1.165, 1.54) is 12.8 Å². The Labute approximate surface area is 149 Å². The molecule has 1 amide bonds. The minimum atomic E-state index is -0.315. The largest absolute Gasteiger partial charge is 0.393 e. The van der Waals surface area contributed by atoms with Gasteiger partial charge in [0.05, 0.1) is 43.2 Å². The standard InChI is InChI=1S/C19H29N3O3/c1-13-16(11-20-22(13)14-5-2-3-6-14)19(24)21-9-10-25-12-17(21)15-7-4-8-18(15)23/h11,14-15,17-18,23H,2-10,12H2,1H3/t15-,17+,18+/m0/s1. The van der Waals surface area contributed by atoms with Gasteiger partial charge in [0, 0.05) is 18.2 Å². The zero-order valence-corrected chi connectivity index (χ0v) is 15.1. The SMILES string of the molecule is Cc1c(C(=O)N2CCOC[C@@H]2[C@@H]2CCC[C@H]2O)cnn1C1CCCC1. The van der Waals surface area contributed by atoms with Gasteiger partial charge in [0.1, 0.15) is 0 Å². The molecule has 3 aliphatic rings. The molecule has 3 fully saturated rings. The van der Waals surface area contributed by atoms with Crippen LogP contribution in [-0.2, 0) is 4.74 Å². The van der Waals surface area contributed by atoms with Gasteiger partial charge >= 0.3 is 0 Å². The normalized spacial score (nSPS) is 31.0. The highest BCUT2D eigenvalue weighted by atomic mass is 16.5. The fourth-order valence-corrected chi connectivity index (χ4v) is 4.95. The Morgan fingerprint density at radius 2 is 2.04 bits per heavy atom.